The number of aromatic nitrogens is 3. The molecule has 6 nitrogen and oxygen atoms in total. The maximum atomic E-state index is 13.2. The van der Waals surface area contributed by atoms with Crippen LogP contribution in [-0.2, 0) is 0 Å². The van der Waals surface area contributed by atoms with Gasteiger partial charge in [0, 0.05) is 49.8 Å². The molecule has 2 aromatic rings. The number of fused-ring (bicyclic) bond motifs is 4. The van der Waals surface area contributed by atoms with Crippen LogP contribution >= 0.6 is 0 Å². The number of piperidine rings is 1. The van der Waals surface area contributed by atoms with E-state index in [4.69, 9.17) is 0 Å². The van der Waals surface area contributed by atoms with Crippen LogP contribution in [0.25, 0.3) is 11.4 Å². The molecule has 5 rings (SSSR count). The summed E-state index contributed by atoms with van der Waals surface area (Å²) in [5, 5.41) is 0. The predicted octanol–water partition coefficient (Wildman–Crippen LogP) is 2.79. The summed E-state index contributed by atoms with van der Waals surface area (Å²) in [6.45, 7) is 8.04. The third kappa shape index (κ3) is 3.72. The molecule has 3 saturated heterocycles. The van der Waals surface area contributed by atoms with Crippen molar-refractivity contribution in [3.63, 3.8) is 0 Å². The molecule has 0 aromatic carbocycles. The van der Waals surface area contributed by atoms with Gasteiger partial charge in [-0.25, -0.2) is 9.97 Å². The molecule has 142 valence electrons. The number of carbonyl (C=O) groups is 1. The highest BCUT2D eigenvalue weighted by Crippen LogP contribution is 2.29. The molecular weight excluding hydrogens is 338 g/mol. The van der Waals surface area contributed by atoms with E-state index in [2.05, 4.69) is 26.8 Å². The molecule has 1 amide bonds. The fraction of sp³-hybridized carbons (Fsp3) is 0.524. The van der Waals surface area contributed by atoms with E-state index in [0.29, 0.717) is 23.3 Å². The number of aryl methyl sites for hydroxylation is 1. The molecule has 3 aliphatic heterocycles. The van der Waals surface area contributed by atoms with Gasteiger partial charge < -0.3 is 4.90 Å². The zero-order valence-electron chi connectivity index (χ0n) is 16.1. The van der Waals surface area contributed by atoms with Gasteiger partial charge in [-0.3, -0.25) is 14.7 Å². The quantitative estimate of drug-likeness (QED) is 0.834. The van der Waals surface area contributed by atoms with E-state index >= 15 is 0 Å². The van der Waals surface area contributed by atoms with Crippen LogP contribution in [-0.4, -0.2) is 62.9 Å². The molecule has 2 atom stereocenters. The van der Waals surface area contributed by atoms with E-state index in [9.17, 15) is 4.79 Å². The summed E-state index contributed by atoms with van der Waals surface area (Å²) >= 11 is 0. The second-order valence-electron chi connectivity index (χ2n) is 7.74. The van der Waals surface area contributed by atoms with Crippen molar-refractivity contribution < 1.29 is 4.79 Å². The third-order valence-electron chi connectivity index (χ3n) is 5.75. The Balaban J connectivity index is 1.54. The summed E-state index contributed by atoms with van der Waals surface area (Å²) < 4.78 is 0. The van der Waals surface area contributed by atoms with Gasteiger partial charge in [0.1, 0.15) is 0 Å². The first-order valence-corrected chi connectivity index (χ1v) is 9.93. The van der Waals surface area contributed by atoms with Crippen LogP contribution in [0.5, 0.6) is 0 Å². The van der Waals surface area contributed by atoms with Crippen LogP contribution in [0.15, 0.2) is 30.7 Å². The number of hydrogen-bond acceptors (Lipinski definition) is 5. The highest BCUT2D eigenvalue weighted by atomic mass is 16.2. The zero-order valence-corrected chi connectivity index (χ0v) is 16.1. The van der Waals surface area contributed by atoms with Gasteiger partial charge in [0.15, 0.2) is 5.82 Å². The van der Waals surface area contributed by atoms with E-state index in [0.717, 1.165) is 37.4 Å². The van der Waals surface area contributed by atoms with Crippen molar-refractivity contribution in [2.24, 2.45) is 5.92 Å². The maximum absolute atomic E-state index is 13.2. The zero-order chi connectivity index (χ0) is 18.8. The molecule has 3 aliphatic rings. The number of carbonyl (C=O) groups excluding carboxylic acids is 1. The van der Waals surface area contributed by atoms with Crippen LogP contribution in [0.1, 0.15) is 42.2 Å². The van der Waals surface area contributed by atoms with Crippen molar-refractivity contribution >= 4 is 5.91 Å². The van der Waals surface area contributed by atoms with Crippen LogP contribution in [0.3, 0.4) is 0 Å². The molecule has 6 heteroatoms. The van der Waals surface area contributed by atoms with Crippen LogP contribution < -0.4 is 0 Å². The maximum Gasteiger partial charge on any atom is 0.257 e. The molecule has 0 saturated carbocycles. The van der Waals surface area contributed by atoms with Crippen molar-refractivity contribution in [3.8, 4) is 11.4 Å². The molecule has 0 unspecified atom stereocenters. The largest absolute Gasteiger partial charge is 0.337 e. The summed E-state index contributed by atoms with van der Waals surface area (Å²) in [7, 11) is 0. The Bertz CT molecular complexity index is 809. The second kappa shape index (κ2) is 7.72. The van der Waals surface area contributed by atoms with Gasteiger partial charge in [0.2, 0.25) is 0 Å². The van der Waals surface area contributed by atoms with Gasteiger partial charge in [-0.2, -0.15) is 0 Å². The SMILES string of the molecule is CCCN1C[C@@H]2CC[C@H]1CN(C(=O)c1cnc(-c3cccnc3)nc1C)C2. The Morgan fingerprint density at radius 2 is 2.11 bits per heavy atom. The lowest BCUT2D eigenvalue weighted by Gasteiger charge is -2.35. The Labute approximate surface area is 160 Å². The highest BCUT2D eigenvalue weighted by molar-refractivity contribution is 5.95. The van der Waals surface area contributed by atoms with E-state index in [1.54, 1.807) is 18.6 Å². The molecule has 0 radical (unpaired) electrons. The summed E-state index contributed by atoms with van der Waals surface area (Å²) in [5.74, 6) is 1.26. The molecule has 2 aromatic heterocycles. The molecule has 0 N–H and O–H groups in total. The Morgan fingerprint density at radius 1 is 1.22 bits per heavy atom. The molecule has 0 spiro atoms. The lowest BCUT2D eigenvalue weighted by molar-refractivity contribution is 0.0736. The van der Waals surface area contributed by atoms with Crippen LogP contribution in [0, 0.1) is 12.8 Å². The second-order valence-corrected chi connectivity index (χ2v) is 7.74. The first kappa shape index (κ1) is 18.0. The van der Waals surface area contributed by atoms with Gasteiger partial charge in [-0.15, -0.1) is 0 Å². The van der Waals surface area contributed by atoms with Crippen molar-refractivity contribution in [2.45, 2.75) is 39.2 Å². The average molecular weight is 365 g/mol. The summed E-state index contributed by atoms with van der Waals surface area (Å²) in [6, 6.07) is 4.28. The van der Waals surface area contributed by atoms with E-state index in [1.807, 2.05) is 24.0 Å². The van der Waals surface area contributed by atoms with Crippen molar-refractivity contribution in [2.75, 3.05) is 26.2 Å². The lowest BCUT2D eigenvalue weighted by atomic mass is 9.95. The molecule has 5 heterocycles. The summed E-state index contributed by atoms with van der Waals surface area (Å²) in [5.41, 5.74) is 2.21. The number of pyridine rings is 1. The van der Waals surface area contributed by atoms with Crippen LogP contribution in [0.2, 0.25) is 0 Å². The fourth-order valence-electron chi connectivity index (χ4n) is 4.39. The van der Waals surface area contributed by atoms with Gasteiger partial charge in [0.25, 0.3) is 5.91 Å². The third-order valence-corrected chi connectivity index (χ3v) is 5.75. The fourth-order valence-corrected chi connectivity index (χ4v) is 4.39. The topological polar surface area (TPSA) is 62.2 Å². The minimum absolute atomic E-state index is 0.0699. The Hall–Kier alpha value is -2.34. The van der Waals surface area contributed by atoms with Gasteiger partial charge in [-0.05, 0) is 50.8 Å². The van der Waals surface area contributed by atoms with E-state index in [1.165, 1.54) is 19.3 Å². The van der Waals surface area contributed by atoms with Gasteiger partial charge >= 0.3 is 0 Å². The molecule has 27 heavy (non-hydrogen) atoms. The van der Waals surface area contributed by atoms with Crippen molar-refractivity contribution in [1.29, 1.82) is 0 Å². The van der Waals surface area contributed by atoms with Crippen LogP contribution in [0.4, 0.5) is 0 Å². The number of nitrogens with zero attached hydrogens (tertiary/aromatic N) is 5. The highest BCUT2D eigenvalue weighted by Gasteiger charge is 2.36. The molecular formula is C21H27N5O. The molecule has 0 aliphatic carbocycles. The number of hydrogen-bond donors (Lipinski definition) is 0. The summed E-state index contributed by atoms with van der Waals surface area (Å²) in [4.78, 5) is 31.0. The number of rotatable bonds is 4. The normalized spacial score (nSPS) is 22.7. The Morgan fingerprint density at radius 3 is 2.85 bits per heavy atom. The summed E-state index contributed by atoms with van der Waals surface area (Å²) in [6.07, 6.45) is 8.74. The Kier molecular flexibility index (Phi) is 5.16. The van der Waals surface area contributed by atoms with Crippen molar-refractivity contribution in [1.82, 2.24) is 24.8 Å². The average Bonchev–Trinajstić information content (AvgIpc) is 3.00. The molecule has 2 bridgehead atoms. The minimum atomic E-state index is 0.0699. The predicted molar refractivity (Wildman–Crippen MR) is 104 cm³/mol. The van der Waals surface area contributed by atoms with E-state index in [-0.39, 0.29) is 5.91 Å². The smallest absolute Gasteiger partial charge is 0.257 e. The molecule has 3 fully saturated rings. The van der Waals surface area contributed by atoms with Gasteiger partial charge in [0.05, 0.1) is 11.3 Å². The number of amides is 1. The van der Waals surface area contributed by atoms with Crippen molar-refractivity contribution in [3.05, 3.63) is 42.0 Å². The minimum Gasteiger partial charge on any atom is -0.337 e. The first-order valence-electron chi connectivity index (χ1n) is 9.93. The lowest BCUT2D eigenvalue weighted by Crippen LogP contribution is -2.44. The standard InChI is InChI=1S/C21H27N5O/c1-3-9-25-12-16-6-7-18(25)14-26(13-16)21(27)19-11-23-20(24-15(19)2)17-5-4-8-22-10-17/h4-5,8,10-11,16,18H,3,6-7,9,12-14H2,1-2H3/t16-,18-/m0/s1. The van der Waals surface area contributed by atoms with E-state index < -0.39 is 0 Å². The van der Waals surface area contributed by atoms with Gasteiger partial charge in [-0.1, -0.05) is 6.92 Å². The monoisotopic (exact) mass is 365 g/mol. The first-order chi connectivity index (χ1) is 13.2.